The van der Waals surface area contributed by atoms with Crippen LogP contribution >= 0.6 is 0 Å². The molecule has 0 bridgehead atoms. The number of hydrogen-bond acceptors (Lipinski definition) is 6. The van der Waals surface area contributed by atoms with E-state index in [1.807, 2.05) is 17.9 Å². The normalized spacial score (nSPS) is 24.1. The number of nitrogens with zero attached hydrogens (tertiary/aromatic N) is 3. The zero-order valence-electron chi connectivity index (χ0n) is 19.6. The van der Waals surface area contributed by atoms with Gasteiger partial charge in [0.15, 0.2) is 0 Å². The fourth-order valence-corrected chi connectivity index (χ4v) is 5.58. The highest BCUT2D eigenvalue weighted by Gasteiger charge is 2.43. The van der Waals surface area contributed by atoms with E-state index in [1.54, 1.807) is 11.8 Å². The quantitative estimate of drug-likeness (QED) is 0.638. The van der Waals surface area contributed by atoms with Gasteiger partial charge in [-0.15, -0.1) is 0 Å². The zero-order chi connectivity index (χ0) is 23.3. The van der Waals surface area contributed by atoms with Gasteiger partial charge in [0.1, 0.15) is 13.2 Å². The summed E-state index contributed by atoms with van der Waals surface area (Å²) < 4.78 is 10.3. The highest BCUT2D eigenvalue weighted by Crippen LogP contribution is 2.31. The SMILES string of the molecule is CC1=C(N2C(=O)N(C3CCN(CCc4ccc5c(c4C)COC5=O)CC3)CC2C)COC1=O. The van der Waals surface area contributed by atoms with Crippen molar-refractivity contribution < 1.29 is 23.9 Å². The molecule has 0 spiro atoms. The number of likely N-dealkylation sites (tertiary alicyclic amines) is 1. The first kappa shape index (κ1) is 21.9. The lowest BCUT2D eigenvalue weighted by Crippen LogP contribution is -2.46. The number of fused-ring (bicyclic) bond motifs is 1. The fraction of sp³-hybridized carbons (Fsp3) is 0.560. The molecule has 2 saturated heterocycles. The molecule has 0 aliphatic carbocycles. The molecule has 8 heteroatoms. The van der Waals surface area contributed by atoms with E-state index in [1.165, 1.54) is 11.1 Å². The average molecular weight is 454 g/mol. The standard InChI is InChI=1S/C25H31N3O5/c1-15-12-27(25(31)28(15)22-14-33-23(29)17(22)3)19-7-10-26(11-8-19)9-6-18-4-5-20-21(16(18)2)13-32-24(20)30/h4-5,15,19H,6-14H2,1-3H3. The van der Waals surface area contributed by atoms with Gasteiger partial charge in [0.25, 0.3) is 0 Å². The smallest absolute Gasteiger partial charge is 0.338 e. The number of carbonyl (C=O) groups is 3. The molecule has 4 aliphatic heterocycles. The third-order valence-corrected chi connectivity index (χ3v) is 7.70. The number of benzene rings is 1. The highest BCUT2D eigenvalue weighted by atomic mass is 16.5. The van der Waals surface area contributed by atoms with E-state index in [2.05, 4.69) is 17.9 Å². The Kier molecular flexibility index (Phi) is 5.64. The van der Waals surface area contributed by atoms with E-state index in [0.29, 0.717) is 30.0 Å². The van der Waals surface area contributed by atoms with E-state index in [4.69, 9.17) is 9.47 Å². The number of hydrogen-bond donors (Lipinski definition) is 0. The Morgan fingerprint density at radius 2 is 1.73 bits per heavy atom. The van der Waals surface area contributed by atoms with Crippen molar-refractivity contribution in [3.8, 4) is 0 Å². The molecule has 0 saturated carbocycles. The van der Waals surface area contributed by atoms with Crippen LogP contribution in [-0.4, -0.2) is 77.5 Å². The van der Waals surface area contributed by atoms with Crippen molar-refractivity contribution in [3.05, 3.63) is 45.7 Å². The van der Waals surface area contributed by atoms with Crippen LogP contribution < -0.4 is 0 Å². The van der Waals surface area contributed by atoms with Crippen LogP contribution in [0.2, 0.25) is 0 Å². The number of cyclic esters (lactones) is 2. The minimum atomic E-state index is -0.325. The van der Waals surface area contributed by atoms with Crippen molar-refractivity contribution in [3.63, 3.8) is 0 Å². The minimum absolute atomic E-state index is 0.000804. The van der Waals surface area contributed by atoms with E-state index in [9.17, 15) is 14.4 Å². The monoisotopic (exact) mass is 453 g/mol. The molecule has 2 fully saturated rings. The summed E-state index contributed by atoms with van der Waals surface area (Å²) in [4.78, 5) is 42.9. The molecule has 1 aromatic carbocycles. The number of urea groups is 1. The van der Waals surface area contributed by atoms with Gasteiger partial charge in [-0.05, 0) is 57.2 Å². The third kappa shape index (κ3) is 3.80. The summed E-state index contributed by atoms with van der Waals surface area (Å²) >= 11 is 0. The number of amides is 2. The summed E-state index contributed by atoms with van der Waals surface area (Å²) in [5.41, 5.74) is 5.44. The average Bonchev–Trinajstić information content (AvgIpc) is 3.44. The van der Waals surface area contributed by atoms with E-state index in [-0.39, 0.29) is 36.7 Å². The molecular weight excluding hydrogens is 422 g/mol. The molecule has 176 valence electrons. The second kappa shape index (κ2) is 8.48. The van der Waals surface area contributed by atoms with Crippen LogP contribution in [0.3, 0.4) is 0 Å². The molecule has 1 aromatic rings. The Hall–Kier alpha value is -2.87. The largest absolute Gasteiger partial charge is 0.457 e. The lowest BCUT2D eigenvalue weighted by molar-refractivity contribution is -0.136. The van der Waals surface area contributed by atoms with E-state index in [0.717, 1.165) is 44.5 Å². The Morgan fingerprint density at radius 1 is 1.00 bits per heavy atom. The van der Waals surface area contributed by atoms with Gasteiger partial charge in [0.2, 0.25) is 0 Å². The maximum Gasteiger partial charge on any atom is 0.338 e. The number of carbonyl (C=O) groups excluding carboxylic acids is 3. The Bertz CT molecular complexity index is 1040. The van der Waals surface area contributed by atoms with Crippen molar-refractivity contribution in [2.24, 2.45) is 0 Å². The van der Waals surface area contributed by atoms with E-state index < -0.39 is 0 Å². The summed E-state index contributed by atoms with van der Waals surface area (Å²) in [5.74, 6) is -0.543. The lowest BCUT2D eigenvalue weighted by atomic mass is 9.96. The van der Waals surface area contributed by atoms with Gasteiger partial charge in [-0.25, -0.2) is 14.4 Å². The fourth-order valence-electron chi connectivity index (χ4n) is 5.58. The van der Waals surface area contributed by atoms with Gasteiger partial charge in [0, 0.05) is 37.8 Å². The molecule has 0 N–H and O–H groups in total. The molecule has 1 unspecified atom stereocenters. The van der Waals surface area contributed by atoms with Gasteiger partial charge < -0.3 is 19.3 Å². The zero-order valence-corrected chi connectivity index (χ0v) is 19.6. The lowest BCUT2D eigenvalue weighted by Gasteiger charge is -2.36. The molecule has 33 heavy (non-hydrogen) atoms. The second-order valence-electron chi connectivity index (χ2n) is 9.58. The Morgan fingerprint density at radius 3 is 2.42 bits per heavy atom. The maximum atomic E-state index is 13.2. The molecule has 1 atom stereocenters. The van der Waals surface area contributed by atoms with Crippen molar-refractivity contribution in [1.29, 1.82) is 0 Å². The summed E-state index contributed by atoms with van der Waals surface area (Å²) in [6.45, 7) is 9.98. The summed E-state index contributed by atoms with van der Waals surface area (Å²) in [6, 6.07) is 4.21. The summed E-state index contributed by atoms with van der Waals surface area (Å²) in [6.07, 6.45) is 2.84. The van der Waals surface area contributed by atoms with Crippen LogP contribution in [0.15, 0.2) is 23.4 Å². The topological polar surface area (TPSA) is 79.4 Å². The molecular formula is C25H31N3O5. The van der Waals surface area contributed by atoms with Crippen molar-refractivity contribution in [1.82, 2.24) is 14.7 Å². The number of rotatable bonds is 5. The number of esters is 2. The van der Waals surface area contributed by atoms with Crippen LogP contribution in [0.1, 0.15) is 53.7 Å². The van der Waals surface area contributed by atoms with Crippen molar-refractivity contribution >= 4 is 18.0 Å². The van der Waals surface area contributed by atoms with Gasteiger partial charge >= 0.3 is 18.0 Å². The Balaban J connectivity index is 1.16. The molecule has 2 amide bonds. The van der Waals surface area contributed by atoms with E-state index >= 15 is 0 Å². The van der Waals surface area contributed by atoms with Crippen LogP contribution in [0.5, 0.6) is 0 Å². The first-order chi connectivity index (χ1) is 15.8. The summed E-state index contributed by atoms with van der Waals surface area (Å²) in [5, 5.41) is 0. The van der Waals surface area contributed by atoms with Gasteiger partial charge in [-0.1, -0.05) is 6.07 Å². The molecule has 0 radical (unpaired) electrons. The third-order valence-electron chi connectivity index (χ3n) is 7.70. The van der Waals surface area contributed by atoms with Gasteiger partial charge in [0.05, 0.1) is 22.9 Å². The predicted octanol–water partition coefficient (Wildman–Crippen LogP) is 2.63. The van der Waals surface area contributed by atoms with Crippen LogP contribution in [0.4, 0.5) is 4.79 Å². The molecule has 8 nitrogen and oxygen atoms in total. The Labute approximate surface area is 194 Å². The predicted molar refractivity (Wildman–Crippen MR) is 121 cm³/mol. The second-order valence-corrected chi connectivity index (χ2v) is 9.58. The van der Waals surface area contributed by atoms with Gasteiger partial charge in [-0.3, -0.25) is 4.90 Å². The first-order valence-electron chi connectivity index (χ1n) is 11.8. The molecule has 0 aromatic heterocycles. The van der Waals surface area contributed by atoms with Crippen molar-refractivity contribution in [2.45, 2.75) is 58.7 Å². The van der Waals surface area contributed by atoms with Crippen molar-refractivity contribution in [2.75, 3.05) is 32.8 Å². The molecule has 5 rings (SSSR count). The highest BCUT2D eigenvalue weighted by molar-refractivity contribution is 5.94. The van der Waals surface area contributed by atoms with Crippen LogP contribution in [-0.2, 0) is 27.3 Å². The maximum absolute atomic E-state index is 13.2. The molecule has 4 heterocycles. The summed E-state index contributed by atoms with van der Waals surface area (Å²) in [7, 11) is 0. The number of piperidine rings is 1. The first-order valence-corrected chi connectivity index (χ1v) is 11.8. The number of ether oxygens (including phenoxy) is 2. The minimum Gasteiger partial charge on any atom is -0.457 e. The van der Waals surface area contributed by atoms with Crippen LogP contribution in [0, 0.1) is 6.92 Å². The van der Waals surface area contributed by atoms with Gasteiger partial charge in [-0.2, -0.15) is 0 Å². The van der Waals surface area contributed by atoms with Crippen LogP contribution in [0.25, 0.3) is 0 Å². The molecule has 4 aliphatic rings.